The van der Waals surface area contributed by atoms with Crippen molar-refractivity contribution in [2.75, 3.05) is 5.32 Å². The van der Waals surface area contributed by atoms with Gasteiger partial charge in [-0.05, 0) is 36.8 Å². The summed E-state index contributed by atoms with van der Waals surface area (Å²) in [5, 5.41) is 3.66. The summed E-state index contributed by atoms with van der Waals surface area (Å²) in [6.07, 6.45) is 0. The summed E-state index contributed by atoms with van der Waals surface area (Å²) < 4.78 is 14.4. The maximum atomic E-state index is 13.6. The van der Waals surface area contributed by atoms with Gasteiger partial charge in [0.1, 0.15) is 5.82 Å². The maximum Gasteiger partial charge on any atom is 0.260 e. The van der Waals surface area contributed by atoms with Gasteiger partial charge in [0.15, 0.2) is 5.13 Å². The number of nitrogens with zero attached hydrogens (tertiary/aromatic N) is 1. The van der Waals surface area contributed by atoms with Gasteiger partial charge in [-0.15, -0.1) is 0 Å². The summed E-state index contributed by atoms with van der Waals surface area (Å²) >= 11 is 7.30. The van der Waals surface area contributed by atoms with Crippen molar-refractivity contribution in [2.24, 2.45) is 0 Å². The van der Waals surface area contributed by atoms with Crippen LogP contribution in [0.25, 0.3) is 10.2 Å². The van der Waals surface area contributed by atoms with Crippen molar-refractivity contribution in [3.05, 3.63) is 58.4 Å². The highest BCUT2D eigenvalue weighted by molar-refractivity contribution is 7.22. The number of anilines is 1. The van der Waals surface area contributed by atoms with Gasteiger partial charge >= 0.3 is 0 Å². The van der Waals surface area contributed by atoms with Gasteiger partial charge in [0.05, 0.1) is 15.8 Å². The van der Waals surface area contributed by atoms with E-state index in [0.717, 1.165) is 15.8 Å². The Bertz CT molecular complexity index is 847. The van der Waals surface area contributed by atoms with Crippen molar-refractivity contribution in [3.63, 3.8) is 0 Å². The zero-order chi connectivity index (χ0) is 15.0. The first-order valence-corrected chi connectivity index (χ1v) is 7.36. The van der Waals surface area contributed by atoms with E-state index in [-0.39, 0.29) is 5.56 Å². The van der Waals surface area contributed by atoms with E-state index in [1.165, 1.54) is 29.5 Å². The molecule has 0 atom stereocenters. The molecular weight excluding hydrogens is 311 g/mol. The van der Waals surface area contributed by atoms with Crippen LogP contribution in [0.4, 0.5) is 9.52 Å². The van der Waals surface area contributed by atoms with Crippen molar-refractivity contribution in [2.45, 2.75) is 6.92 Å². The number of hydrogen-bond donors (Lipinski definition) is 1. The van der Waals surface area contributed by atoms with Crippen LogP contribution >= 0.6 is 22.9 Å². The molecule has 0 aliphatic heterocycles. The summed E-state index contributed by atoms with van der Waals surface area (Å²) in [5.41, 5.74) is 1.71. The third kappa shape index (κ3) is 2.75. The molecule has 0 saturated carbocycles. The number of halogens is 2. The van der Waals surface area contributed by atoms with Gasteiger partial charge in [-0.25, -0.2) is 9.37 Å². The first-order valence-electron chi connectivity index (χ1n) is 6.17. The molecular formula is C15H10ClFN2OS. The van der Waals surface area contributed by atoms with Gasteiger partial charge in [-0.3, -0.25) is 10.1 Å². The third-order valence-corrected chi connectivity index (χ3v) is 4.13. The van der Waals surface area contributed by atoms with Crippen molar-refractivity contribution in [1.82, 2.24) is 4.98 Å². The lowest BCUT2D eigenvalue weighted by atomic mass is 10.2. The number of hydrogen-bond acceptors (Lipinski definition) is 3. The van der Waals surface area contributed by atoms with Crippen LogP contribution in [0.15, 0.2) is 36.4 Å². The maximum absolute atomic E-state index is 13.6. The fraction of sp³-hybridized carbons (Fsp3) is 0.0667. The van der Waals surface area contributed by atoms with Crippen LogP contribution in [0.3, 0.4) is 0 Å². The van der Waals surface area contributed by atoms with Crippen molar-refractivity contribution >= 4 is 44.2 Å². The summed E-state index contributed by atoms with van der Waals surface area (Å²) in [7, 11) is 0. The van der Waals surface area contributed by atoms with E-state index in [9.17, 15) is 9.18 Å². The minimum atomic E-state index is -0.560. The average molecular weight is 321 g/mol. The van der Waals surface area contributed by atoms with E-state index in [1.807, 2.05) is 13.0 Å². The highest BCUT2D eigenvalue weighted by atomic mass is 35.5. The molecule has 3 rings (SSSR count). The number of amides is 1. The molecule has 3 aromatic rings. The molecule has 0 aliphatic rings. The molecule has 1 aromatic heterocycles. The van der Waals surface area contributed by atoms with Crippen LogP contribution in [0, 0.1) is 12.7 Å². The highest BCUT2D eigenvalue weighted by Crippen LogP contribution is 2.31. The van der Waals surface area contributed by atoms with Crippen molar-refractivity contribution < 1.29 is 9.18 Å². The van der Waals surface area contributed by atoms with Crippen LogP contribution in [0.2, 0.25) is 5.02 Å². The van der Waals surface area contributed by atoms with Gasteiger partial charge in [0, 0.05) is 5.02 Å². The smallest absolute Gasteiger partial charge is 0.260 e. The standard InChI is InChI=1S/C15H10ClFN2OS/c1-8-6-9(16)7-12-13(8)18-15(21-12)19-14(20)10-4-2-3-5-11(10)17/h2-7H,1H3,(H,18,19,20). The molecule has 0 saturated heterocycles. The fourth-order valence-corrected chi connectivity index (χ4v) is 3.33. The minimum Gasteiger partial charge on any atom is -0.298 e. The van der Waals surface area contributed by atoms with Crippen LogP contribution in [-0.2, 0) is 0 Å². The molecule has 0 radical (unpaired) electrons. The van der Waals surface area contributed by atoms with Crippen LogP contribution in [0.5, 0.6) is 0 Å². The second kappa shape index (κ2) is 5.42. The number of carbonyl (C=O) groups excluding carboxylic acids is 1. The number of nitrogens with one attached hydrogen (secondary N) is 1. The van der Waals surface area contributed by atoms with Crippen LogP contribution in [0.1, 0.15) is 15.9 Å². The molecule has 1 heterocycles. The van der Waals surface area contributed by atoms with Crippen LogP contribution < -0.4 is 5.32 Å². The number of aryl methyl sites for hydroxylation is 1. The Hall–Kier alpha value is -1.98. The molecule has 1 amide bonds. The van der Waals surface area contributed by atoms with Crippen molar-refractivity contribution in [1.29, 1.82) is 0 Å². The monoisotopic (exact) mass is 320 g/mol. The number of fused-ring (bicyclic) bond motifs is 1. The lowest BCUT2D eigenvalue weighted by Gasteiger charge is -2.02. The number of rotatable bonds is 2. The van der Waals surface area contributed by atoms with E-state index >= 15 is 0 Å². The molecule has 0 fully saturated rings. The third-order valence-electron chi connectivity index (χ3n) is 2.99. The average Bonchev–Trinajstić information content (AvgIpc) is 2.81. The summed E-state index contributed by atoms with van der Waals surface area (Å²) in [4.78, 5) is 16.4. The first kappa shape index (κ1) is 14.0. The Morgan fingerprint density at radius 3 is 2.86 bits per heavy atom. The molecule has 0 bridgehead atoms. The second-order valence-corrected chi connectivity index (χ2v) is 5.99. The van der Waals surface area contributed by atoms with Crippen molar-refractivity contribution in [3.8, 4) is 0 Å². The van der Waals surface area contributed by atoms with E-state index in [1.54, 1.807) is 12.1 Å². The Labute approximate surface area is 129 Å². The number of aromatic nitrogens is 1. The van der Waals surface area contributed by atoms with Gasteiger partial charge in [-0.1, -0.05) is 35.1 Å². The SMILES string of the molecule is Cc1cc(Cl)cc2sc(NC(=O)c3ccccc3F)nc12. The molecule has 1 N–H and O–H groups in total. The largest absolute Gasteiger partial charge is 0.298 e. The highest BCUT2D eigenvalue weighted by Gasteiger charge is 2.14. The van der Waals surface area contributed by atoms with E-state index in [0.29, 0.717) is 10.2 Å². The van der Waals surface area contributed by atoms with E-state index in [2.05, 4.69) is 10.3 Å². The predicted molar refractivity (Wildman–Crippen MR) is 83.7 cm³/mol. The van der Waals surface area contributed by atoms with Crippen LogP contribution in [-0.4, -0.2) is 10.9 Å². The fourth-order valence-electron chi connectivity index (χ4n) is 2.02. The molecule has 2 aromatic carbocycles. The minimum absolute atomic E-state index is 0.00786. The van der Waals surface area contributed by atoms with E-state index < -0.39 is 11.7 Å². The Morgan fingerprint density at radius 1 is 1.33 bits per heavy atom. The Kier molecular flexibility index (Phi) is 3.61. The predicted octanol–water partition coefficient (Wildman–Crippen LogP) is 4.65. The first-order chi connectivity index (χ1) is 10.0. The molecule has 3 nitrogen and oxygen atoms in total. The van der Waals surface area contributed by atoms with Gasteiger partial charge in [-0.2, -0.15) is 0 Å². The lowest BCUT2D eigenvalue weighted by Crippen LogP contribution is -2.13. The van der Waals surface area contributed by atoms with E-state index in [4.69, 9.17) is 11.6 Å². The quantitative estimate of drug-likeness (QED) is 0.746. The zero-order valence-corrected chi connectivity index (χ0v) is 12.6. The molecule has 106 valence electrons. The summed E-state index contributed by atoms with van der Waals surface area (Å²) in [6, 6.07) is 9.43. The molecule has 0 spiro atoms. The molecule has 6 heteroatoms. The molecule has 0 aliphatic carbocycles. The van der Waals surface area contributed by atoms with Gasteiger partial charge < -0.3 is 0 Å². The Morgan fingerprint density at radius 2 is 2.10 bits per heavy atom. The zero-order valence-electron chi connectivity index (χ0n) is 11.0. The van der Waals surface area contributed by atoms with Gasteiger partial charge in [0.25, 0.3) is 5.91 Å². The Balaban J connectivity index is 1.94. The normalized spacial score (nSPS) is 10.8. The lowest BCUT2D eigenvalue weighted by molar-refractivity contribution is 0.102. The number of benzene rings is 2. The summed E-state index contributed by atoms with van der Waals surface area (Å²) in [5.74, 6) is -1.08. The second-order valence-electron chi connectivity index (χ2n) is 4.52. The van der Waals surface area contributed by atoms with Gasteiger partial charge in [0.2, 0.25) is 0 Å². The molecule has 0 unspecified atom stereocenters. The number of carbonyl (C=O) groups is 1. The topological polar surface area (TPSA) is 42.0 Å². The molecule has 21 heavy (non-hydrogen) atoms. The number of thiazole rings is 1. The summed E-state index contributed by atoms with van der Waals surface area (Å²) in [6.45, 7) is 1.90.